The first kappa shape index (κ1) is 6.55. The van der Waals surface area contributed by atoms with Crippen molar-refractivity contribution < 1.29 is 9.53 Å². The summed E-state index contributed by atoms with van der Waals surface area (Å²) in [7, 11) is 1.40. The van der Waals surface area contributed by atoms with Crippen LogP contribution in [0, 0.1) is 0 Å². The first-order valence-electron chi connectivity index (χ1n) is 2.93. The van der Waals surface area contributed by atoms with Gasteiger partial charge in [0.25, 0.3) is 0 Å². The van der Waals surface area contributed by atoms with Crippen LogP contribution >= 0.6 is 0 Å². The molecule has 0 aromatic carbocycles. The average molecular weight is 129 g/mol. The Morgan fingerprint density at radius 2 is 2.11 bits per heavy atom. The maximum Gasteiger partial charge on any atom is 0.324 e. The zero-order valence-electron chi connectivity index (χ0n) is 5.89. The highest BCUT2D eigenvalue weighted by molar-refractivity contribution is 5.81. The zero-order chi connectivity index (χ0) is 7.07. The number of hydrogen-bond acceptors (Lipinski definition) is 3. The summed E-state index contributed by atoms with van der Waals surface area (Å²) in [6.45, 7) is 3.93. The number of methoxy groups -OCH3 is 1. The van der Waals surface area contributed by atoms with Crippen molar-refractivity contribution in [1.82, 2.24) is 5.32 Å². The number of carbonyl (C=O) groups excluding carboxylic acids is 1. The number of rotatable bonds is 1. The van der Waals surface area contributed by atoms with Crippen LogP contribution in [-0.2, 0) is 9.53 Å². The van der Waals surface area contributed by atoms with Crippen molar-refractivity contribution in [2.24, 2.45) is 0 Å². The minimum atomic E-state index is -0.167. The lowest BCUT2D eigenvalue weighted by Crippen LogP contribution is -2.15. The molecule has 1 atom stereocenters. The number of nitrogens with one attached hydrogen (secondary N) is 1. The van der Waals surface area contributed by atoms with Crippen LogP contribution in [0.4, 0.5) is 0 Å². The molecule has 3 nitrogen and oxygen atoms in total. The van der Waals surface area contributed by atoms with E-state index in [9.17, 15) is 4.79 Å². The Morgan fingerprint density at radius 3 is 2.22 bits per heavy atom. The molecule has 1 aliphatic rings. The number of esters is 1. The Labute approximate surface area is 54.4 Å². The molecule has 1 aliphatic heterocycles. The third kappa shape index (κ3) is 1.05. The van der Waals surface area contributed by atoms with E-state index in [0.717, 1.165) is 0 Å². The lowest BCUT2D eigenvalue weighted by atomic mass is 10.1. The van der Waals surface area contributed by atoms with Crippen LogP contribution < -0.4 is 5.32 Å². The van der Waals surface area contributed by atoms with E-state index in [2.05, 4.69) is 10.1 Å². The van der Waals surface area contributed by atoms with E-state index >= 15 is 0 Å². The van der Waals surface area contributed by atoms with Crippen molar-refractivity contribution in [2.45, 2.75) is 25.4 Å². The highest BCUT2D eigenvalue weighted by Gasteiger charge is 2.50. The molecule has 0 spiro atoms. The predicted octanol–water partition coefficient (Wildman–Crippen LogP) is -0.0902. The number of ether oxygens (including phenoxy) is 1. The summed E-state index contributed by atoms with van der Waals surface area (Å²) in [5, 5.41) is 2.98. The van der Waals surface area contributed by atoms with Gasteiger partial charge in [0.2, 0.25) is 0 Å². The fraction of sp³-hybridized carbons (Fsp3) is 0.833. The van der Waals surface area contributed by atoms with E-state index in [1.165, 1.54) is 7.11 Å². The number of hydrogen-bond donors (Lipinski definition) is 1. The summed E-state index contributed by atoms with van der Waals surface area (Å²) in [4.78, 5) is 10.7. The molecular formula is C6H11NO2. The van der Waals surface area contributed by atoms with Gasteiger partial charge >= 0.3 is 5.97 Å². The third-order valence-electron chi connectivity index (χ3n) is 1.59. The second-order valence-electron chi connectivity index (χ2n) is 2.82. The molecule has 0 aliphatic carbocycles. The van der Waals surface area contributed by atoms with E-state index in [1.807, 2.05) is 13.8 Å². The fourth-order valence-corrected chi connectivity index (χ4v) is 0.802. The molecule has 0 radical (unpaired) electrons. The summed E-state index contributed by atoms with van der Waals surface area (Å²) in [5.74, 6) is -0.167. The minimum absolute atomic E-state index is 0.0346. The fourth-order valence-electron chi connectivity index (χ4n) is 0.802. The topological polar surface area (TPSA) is 48.2 Å². The summed E-state index contributed by atoms with van der Waals surface area (Å²) < 4.78 is 4.51. The first-order chi connectivity index (χ1) is 4.08. The van der Waals surface area contributed by atoms with Gasteiger partial charge in [0.05, 0.1) is 7.11 Å². The SMILES string of the molecule is COC(=O)[C@@H]1NC1(C)C. The van der Waals surface area contributed by atoms with Crippen LogP contribution in [0.3, 0.4) is 0 Å². The van der Waals surface area contributed by atoms with Crippen molar-refractivity contribution in [3.05, 3.63) is 0 Å². The van der Waals surface area contributed by atoms with Gasteiger partial charge in [0.15, 0.2) is 0 Å². The van der Waals surface area contributed by atoms with Crippen molar-refractivity contribution >= 4 is 5.97 Å². The molecular weight excluding hydrogens is 118 g/mol. The van der Waals surface area contributed by atoms with Crippen molar-refractivity contribution in [3.8, 4) is 0 Å². The molecule has 9 heavy (non-hydrogen) atoms. The van der Waals surface area contributed by atoms with Crippen LogP contribution in [0.5, 0.6) is 0 Å². The lowest BCUT2D eigenvalue weighted by molar-refractivity contribution is -0.140. The third-order valence-corrected chi connectivity index (χ3v) is 1.59. The van der Waals surface area contributed by atoms with Crippen LogP contribution in [-0.4, -0.2) is 24.7 Å². The van der Waals surface area contributed by atoms with Crippen molar-refractivity contribution in [2.75, 3.05) is 7.11 Å². The Bertz CT molecular complexity index is 142. The molecule has 1 saturated heterocycles. The molecule has 0 unspecified atom stereocenters. The second kappa shape index (κ2) is 1.70. The molecule has 0 bridgehead atoms. The van der Waals surface area contributed by atoms with E-state index in [0.29, 0.717) is 0 Å². The predicted molar refractivity (Wildman–Crippen MR) is 33.0 cm³/mol. The van der Waals surface area contributed by atoms with Gasteiger partial charge in [-0.05, 0) is 13.8 Å². The second-order valence-corrected chi connectivity index (χ2v) is 2.82. The van der Waals surface area contributed by atoms with Crippen LogP contribution in [0.15, 0.2) is 0 Å². The summed E-state index contributed by atoms with van der Waals surface area (Å²) in [6, 6.07) is -0.0810. The van der Waals surface area contributed by atoms with Crippen LogP contribution in [0.25, 0.3) is 0 Å². The Morgan fingerprint density at radius 1 is 1.67 bits per heavy atom. The van der Waals surface area contributed by atoms with E-state index in [4.69, 9.17) is 0 Å². The van der Waals surface area contributed by atoms with E-state index < -0.39 is 0 Å². The minimum Gasteiger partial charge on any atom is -0.468 e. The Hall–Kier alpha value is -0.570. The molecule has 1 N–H and O–H groups in total. The standard InChI is InChI=1S/C6H11NO2/c1-6(2)4(7-6)5(8)9-3/h4,7H,1-3H3/t4-/m0/s1. The highest BCUT2D eigenvalue weighted by Crippen LogP contribution is 2.25. The van der Waals surface area contributed by atoms with Gasteiger partial charge in [-0.2, -0.15) is 0 Å². The summed E-state index contributed by atoms with van der Waals surface area (Å²) in [6.07, 6.45) is 0. The van der Waals surface area contributed by atoms with Crippen LogP contribution in [0.1, 0.15) is 13.8 Å². The van der Waals surface area contributed by atoms with Crippen molar-refractivity contribution in [1.29, 1.82) is 0 Å². The molecule has 52 valence electrons. The summed E-state index contributed by atoms with van der Waals surface area (Å²) in [5.41, 5.74) is -0.0346. The van der Waals surface area contributed by atoms with Gasteiger partial charge in [0, 0.05) is 5.54 Å². The number of carbonyl (C=O) groups is 1. The van der Waals surface area contributed by atoms with Gasteiger partial charge in [-0.25, -0.2) is 0 Å². The molecule has 1 heterocycles. The smallest absolute Gasteiger partial charge is 0.324 e. The average Bonchev–Trinajstić information content (AvgIpc) is 2.38. The molecule has 0 aromatic rings. The summed E-state index contributed by atoms with van der Waals surface area (Å²) >= 11 is 0. The molecule has 3 heteroatoms. The molecule has 0 aromatic heterocycles. The van der Waals surface area contributed by atoms with Gasteiger partial charge in [-0.3, -0.25) is 10.1 Å². The maximum atomic E-state index is 10.7. The van der Waals surface area contributed by atoms with Crippen molar-refractivity contribution in [3.63, 3.8) is 0 Å². The quantitative estimate of drug-likeness (QED) is 0.397. The van der Waals surface area contributed by atoms with Gasteiger partial charge in [0.1, 0.15) is 6.04 Å². The normalized spacial score (nSPS) is 29.4. The van der Waals surface area contributed by atoms with E-state index in [-0.39, 0.29) is 17.6 Å². The largest absolute Gasteiger partial charge is 0.468 e. The molecule has 1 fully saturated rings. The van der Waals surface area contributed by atoms with Crippen LogP contribution in [0.2, 0.25) is 0 Å². The maximum absolute atomic E-state index is 10.7. The molecule has 0 saturated carbocycles. The van der Waals surface area contributed by atoms with E-state index in [1.54, 1.807) is 0 Å². The lowest BCUT2D eigenvalue weighted by Gasteiger charge is -1.95. The Kier molecular flexibility index (Phi) is 1.24. The Balaban J connectivity index is 2.42. The zero-order valence-corrected chi connectivity index (χ0v) is 5.89. The van der Waals surface area contributed by atoms with Gasteiger partial charge < -0.3 is 4.74 Å². The monoisotopic (exact) mass is 129 g/mol. The van der Waals surface area contributed by atoms with Gasteiger partial charge in [-0.15, -0.1) is 0 Å². The molecule has 0 amide bonds. The first-order valence-corrected chi connectivity index (χ1v) is 2.93. The van der Waals surface area contributed by atoms with Gasteiger partial charge in [-0.1, -0.05) is 0 Å². The highest BCUT2D eigenvalue weighted by atomic mass is 16.5. The molecule has 1 rings (SSSR count).